The summed E-state index contributed by atoms with van der Waals surface area (Å²) in [5.74, 6) is 0.467. The normalized spacial score (nSPS) is 10.1. The van der Waals surface area contributed by atoms with Crippen LogP contribution in [-0.4, -0.2) is 22.2 Å². The van der Waals surface area contributed by atoms with E-state index in [9.17, 15) is 5.11 Å². The number of hydrogen-bond acceptors (Lipinski definition) is 5. The highest BCUT2D eigenvalue weighted by atomic mass is 16.5. The average molecular weight is 217 g/mol. The van der Waals surface area contributed by atoms with Gasteiger partial charge in [-0.05, 0) is 18.2 Å². The molecule has 16 heavy (non-hydrogen) atoms. The lowest BCUT2D eigenvalue weighted by Gasteiger charge is -2.07. The van der Waals surface area contributed by atoms with E-state index in [-0.39, 0.29) is 5.75 Å². The largest absolute Gasteiger partial charge is 0.504 e. The number of nitrogens with two attached hydrogens (primary N) is 1. The number of aromatic hydroxyl groups is 1. The molecule has 0 spiro atoms. The molecular weight excluding hydrogens is 206 g/mol. The molecule has 5 nitrogen and oxygen atoms in total. The van der Waals surface area contributed by atoms with Gasteiger partial charge in [-0.25, -0.2) is 9.97 Å². The van der Waals surface area contributed by atoms with E-state index in [1.807, 2.05) is 0 Å². The third-order valence-corrected chi connectivity index (χ3v) is 2.19. The van der Waals surface area contributed by atoms with Crippen LogP contribution >= 0.6 is 0 Å². The molecule has 0 aliphatic heterocycles. The molecule has 0 unspecified atom stereocenters. The molecule has 1 aromatic heterocycles. The lowest BCUT2D eigenvalue weighted by Crippen LogP contribution is -1.94. The zero-order valence-electron chi connectivity index (χ0n) is 8.71. The van der Waals surface area contributed by atoms with Gasteiger partial charge in [0.25, 0.3) is 0 Å². The van der Waals surface area contributed by atoms with Crippen LogP contribution in [0.15, 0.2) is 30.7 Å². The Kier molecular flexibility index (Phi) is 2.59. The average Bonchev–Trinajstić information content (AvgIpc) is 2.31. The predicted molar refractivity (Wildman–Crippen MR) is 60.1 cm³/mol. The van der Waals surface area contributed by atoms with E-state index in [2.05, 4.69) is 9.97 Å². The standard InChI is InChI=1S/C11H11N3O2/c1-16-10-4-7(2-3-9(10)15)11-8(12)5-13-6-14-11/h2-6,15H,12H2,1H3. The summed E-state index contributed by atoms with van der Waals surface area (Å²) < 4.78 is 5.01. The molecule has 2 aromatic rings. The minimum absolute atomic E-state index is 0.0823. The molecule has 0 amide bonds. The van der Waals surface area contributed by atoms with E-state index in [1.54, 1.807) is 12.1 Å². The number of ether oxygens (including phenoxy) is 1. The Morgan fingerprint density at radius 1 is 1.38 bits per heavy atom. The van der Waals surface area contributed by atoms with E-state index < -0.39 is 0 Å². The molecule has 0 aliphatic rings. The number of benzene rings is 1. The molecule has 0 fully saturated rings. The summed E-state index contributed by atoms with van der Waals surface area (Å²) in [7, 11) is 1.49. The molecule has 0 atom stereocenters. The van der Waals surface area contributed by atoms with Gasteiger partial charge in [0, 0.05) is 5.56 Å². The van der Waals surface area contributed by atoms with Crippen LogP contribution in [0.25, 0.3) is 11.3 Å². The summed E-state index contributed by atoms with van der Waals surface area (Å²) in [6.07, 6.45) is 2.95. The van der Waals surface area contributed by atoms with Crippen LogP contribution in [0.4, 0.5) is 5.69 Å². The molecule has 0 radical (unpaired) electrons. The van der Waals surface area contributed by atoms with Crippen molar-refractivity contribution in [1.82, 2.24) is 9.97 Å². The molecule has 1 heterocycles. The summed E-state index contributed by atoms with van der Waals surface area (Å²) in [5, 5.41) is 9.46. The van der Waals surface area contributed by atoms with E-state index in [0.717, 1.165) is 5.56 Å². The monoisotopic (exact) mass is 217 g/mol. The van der Waals surface area contributed by atoms with E-state index >= 15 is 0 Å². The van der Waals surface area contributed by atoms with Crippen molar-refractivity contribution in [2.24, 2.45) is 0 Å². The molecule has 5 heteroatoms. The highest BCUT2D eigenvalue weighted by Crippen LogP contribution is 2.32. The van der Waals surface area contributed by atoms with E-state index in [1.165, 1.54) is 25.7 Å². The SMILES string of the molecule is COc1cc(-c2ncncc2N)ccc1O. The Balaban J connectivity index is 2.53. The van der Waals surface area contributed by atoms with Crippen LogP contribution in [0, 0.1) is 0 Å². The first-order chi connectivity index (χ1) is 7.72. The minimum atomic E-state index is 0.0823. The van der Waals surface area contributed by atoms with Crippen molar-refractivity contribution in [3.05, 3.63) is 30.7 Å². The van der Waals surface area contributed by atoms with Gasteiger partial charge < -0.3 is 15.6 Å². The first-order valence-electron chi connectivity index (χ1n) is 4.65. The quantitative estimate of drug-likeness (QED) is 0.795. The maximum atomic E-state index is 9.46. The maximum Gasteiger partial charge on any atom is 0.161 e. The van der Waals surface area contributed by atoms with Crippen LogP contribution in [0.2, 0.25) is 0 Å². The first kappa shape index (κ1) is 10.2. The summed E-state index contributed by atoms with van der Waals surface area (Å²) >= 11 is 0. The van der Waals surface area contributed by atoms with E-state index in [4.69, 9.17) is 10.5 Å². The van der Waals surface area contributed by atoms with Crippen molar-refractivity contribution in [2.45, 2.75) is 0 Å². The van der Waals surface area contributed by atoms with Crippen molar-refractivity contribution < 1.29 is 9.84 Å². The molecule has 0 saturated heterocycles. The zero-order chi connectivity index (χ0) is 11.5. The van der Waals surface area contributed by atoms with Gasteiger partial charge in [0.05, 0.1) is 24.7 Å². The molecule has 0 saturated carbocycles. The van der Waals surface area contributed by atoms with E-state index in [0.29, 0.717) is 17.1 Å². The smallest absolute Gasteiger partial charge is 0.161 e. The number of rotatable bonds is 2. The second-order valence-electron chi connectivity index (χ2n) is 3.21. The van der Waals surface area contributed by atoms with Gasteiger partial charge in [-0.1, -0.05) is 0 Å². The lowest BCUT2D eigenvalue weighted by atomic mass is 10.1. The third kappa shape index (κ3) is 1.75. The first-order valence-corrected chi connectivity index (χ1v) is 4.65. The van der Waals surface area contributed by atoms with Gasteiger partial charge in [0.1, 0.15) is 6.33 Å². The number of phenols is 1. The van der Waals surface area contributed by atoms with Gasteiger partial charge in [0.2, 0.25) is 0 Å². The topological polar surface area (TPSA) is 81.3 Å². The number of nitrogens with zero attached hydrogens (tertiary/aromatic N) is 2. The van der Waals surface area contributed by atoms with Gasteiger partial charge in [-0.15, -0.1) is 0 Å². The second-order valence-corrected chi connectivity index (χ2v) is 3.21. The fraction of sp³-hybridized carbons (Fsp3) is 0.0909. The molecule has 2 rings (SSSR count). The lowest BCUT2D eigenvalue weighted by molar-refractivity contribution is 0.373. The van der Waals surface area contributed by atoms with Gasteiger partial charge in [-0.2, -0.15) is 0 Å². The molecule has 82 valence electrons. The summed E-state index contributed by atoms with van der Waals surface area (Å²) in [6.45, 7) is 0. The molecule has 3 N–H and O–H groups in total. The van der Waals surface area contributed by atoms with Crippen molar-refractivity contribution in [1.29, 1.82) is 0 Å². The van der Waals surface area contributed by atoms with Gasteiger partial charge in [0.15, 0.2) is 11.5 Å². The fourth-order valence-electron chi connectivity index (χ4n) is 1.41. The number of anilines is 1. The fourth-order valence-corrected chi connectivity index (χ4v) is 1.41. The predicted octanol–water partition coefficient (Wildman–Crippen LogP) is 1.44. The number of hydrogen-bond donors (Lipinski definition) is 2. The maximum absolute atomic E-state index is 9.46. The van der Waals surface area contributed by atoms with Crippen molar-refractivity contribution in [3.63, 3.8) is 0 Å². The molecule has 0 aliphatic carbocycles. The Bertz CT molecular complexity index is 514. The summed E-state index contributed by atoms with van der Waals surface area (Å²) in [4.78, 5) is 7.89. The summed E-state index contributed by atoms with van der Waals surface area (Å²) in [6, 6.07) is 4.93. The number of aromatic nitrogens is 2. The number of nitrogen functional groups attached to an aromatic ring is 1. The van der Waals surface area contributed by atoms with Crippen LogP contribution in [-0.2, 0) is 0 Å². The minimum Gasteiger partial charge on any atom is -0.504 e. The van der Waals surface area contributed by atoms with Crippen LogP contribution in [0.3, 0.4) is 0 Å². The Hall–Kier alpha value is -2.30. The highest BCUT2D eigenvalue weighted by molar-refractivity contribution is 5.73. The Morgan fingerprint density at radius 3 is 2.88 bits per heavy atom. The number of phenolic OH excluding ortho intramolecular Hbond substituents is 1. The number of methoxy groups -OCH3 is 1. The second kappa shape index (κ2) is 4.06. The van der Waals surface area contributed by atoms with Gasteiger partial charge in [-0.3, -0.25) is 0 Å². The molecule has 0 bridgehead atoms. The highest BCUT2D eigenvalue weighted by Gasteiger charge is 2.07. The molecular formula is C11H11N3O2. The third-order valence-electron chi connectivity index (χ3n) is 2.19. The Morgan fingerprint density at radius 2 is 2.19 bits per heavy atom. The van der Waals surface area contributed by atoms with Crippen molar-refractivity contribution in [3.8, 4) is 22.8 Å². The van der Waals surface area contributed by atoms with Crippen molar-refractivity contribution >= 4 is 5.69 Å². The zero-order valence-corrected chi connectivity index (χ0v) is 8.71. The molecule has 1 aromatic carbocycles. The van der Waals surface area contributed by atoms with Crippen molar-refractivity contribution in [2.75, 3.05) is 12.8 Å². The Labute approximate surface area is 92.5 Å². The van der Waals surface area contributed by atoms with Crippen LogP contribution in [0.1, 0.15) is 0 Å². The van der Waals surface area contributed by atoms with Gasteiger partial charge >= 0.3 is 0 Å². The van der Waals surface area contributed by atoms with Crippen LogP contribution < -0.4 is 10.5 Å². The van der Waals surface area contributed by atoms with Crippen LogP contribution in [0.5, 0.6) is 11.5 Å². The summed E-state index contributed by atoms with van der Waals surface area (Å²) in [5.41, 5.74) is 7.63.